The van der Waals surface area contributed by atoms with Crippen LogP contribution in [-0.4, -0.2) is 6.04 Å². The lowest BCUT2D eigenvalue weighted by molar-refractivity contribution is 0.374. The van der Waals surface area contributed by atoms with Crippen molar-refractivity contribution in [2.45, 2.75) is 24.8 Å². The van der Waals surface area contributed by atoms with E-state index in [2.05, 4.69) is 21.2 Å². The summed E-state index contributed by atoms with van der Waals surface area (Å²) in [6.45, 7) is 0. The van der Waals surface area contributed by atoms with Gasteiger partial charge in [0.1, 0.15) is 5.82 Å². The van der Waals surface area contributed by atoms with E-state index in [1.54, 1.807) is 0 Å². The maximum atomic E-state index is 12.9. The third kappa shape index (κ3) is 3.20. The summed E-state index contributed by atoms with van der Waals surface area (Å²) in [7, 11) is 0. The van der Waals surface area contributed by atoms with Crippen molar-refractivity contribution in [3.05, 3.63) is 62.3 Å². The van der Waals surface area contributed by atoms with Crippen LogP contribution in [0.3, 0.4) is 0 Å². The van der Waals surface area contributed by atoms with Gasteiger partial charge in [-0.25, -0.2) is 4.39 Å². The number of nitrogens with one attached hydrogen (secondary N) is 1. The lowest BCUT2D eigenvalue weighted by Gasteiger charge is -2.37. The fourth-order valence-electron chi connectivity index (χ4n) is 2.60. The van der Waals surface area contributed by atoms with Crippen molar-refractivity contribution in [1.82, 2.24) is 0 Å². The number of halogens is 4. The molecule has 1 nitrogen and oxygen atoms in total. The molecule has 2 aromatic rings. The summed E-state index contributed by atoms with van der Waals surface area (Å²) in [4.78, 5) is 0. The highest BCUT2D eigenvalue weighted by atomic mass is 79.9. The van der Waals surface area contributed by atoms with Crippen LogP contribution in [0.25, 0.3) is 0 Å². The summed E-state index contributed by atoms with van der Waals surface area (Å²) in [5.41, 5.74) is 2.04. The summed E-state index contributed by atoms with van der Waals surface area (Å²) in [5.74, 6) is 0.289. The van der Waals surface area contributed by atoms with Gasteiger partial charge < -0.3 is 5.32 Å². The Labute approximate surface area is 141 Å². The van der Waals surface area contributed by atoms with Crippen molar-refractivity contribution in [3.8, 4) is 0 Å². The van der Waals surface area contributed by atoms with Crippen LogP contribution in [0.2, 0.25) is 10.0 Å². The predicted octanol–water partition coefficient (Wildman–Crippen LogP) is 6.25. The van der Waals surface area contributed by atoms with Gasteiger partial charge in [0, 0.05) is 10.5 Å². The fourth-order valence-corrected chi connectivity index (χ4v) is 3.43. The molecule has 0 aromatic heterocycles. The second kappa shape index (κ2) is 6.15. The van der Waals surface area contributed by atoms with E-state index in [9.17, 15) is 4.39 Å². The third-order valence-corrected chi connectivity index (χ3v) is 5.65. The highest BCUT2D eigenvalue weighted by Gasteiger charge is 2.30. The molecule has 1 fully saturated rings. The number of hydrogen-bond donors (Lipinski definition) is 1. The summed E-state index contributed by atoms with van der Waals surface area (Å²) in [6, 6.07) is 10.9. The second-order valence-electron chi connectivity index (χ2n) is 5.28. The second-order valence-corrected chi connectivity index (χ2v) is 6.89. The first-order chi connectivity index (χ1) is 10.0. The van der Waals surface area contributed by atoms with Gasteiger partial charge in [-0.3, -0.25) is 0 Å². The van der Waals surface area contributed by atoms with Crippen molar-refractivity contribution in [2.24, 2.45) is 0 Å². The van der Waals surface area contributed by atoms with E-state index < -0.39 is 0 Å². The fraction of sp³-hybridized carbons (Fsp3) is 0.250. The topological polar surface area (TPSA) is 12.0 Å². The largest absolute Gasteiger partial charge is 0.381 e. The molecule has 1 aliphatic rings. The molecular weight excluding hydrogens is 376 g/mol. The zero-order chi connectivity index (χ0) is 15.0. The van der Waals surface area contributed by atoms with Crippen LogP contribution in [0, 0.1) is 5.82 Å². The molecule has 1 N–H and O–H groups in total. The molecule has 0 heterocycles. The Morgan fingerprint density at radius 3 is 2.33 bits per heavy atom. The molecule has 0 atom stereocenters. The quantitative estimate of drug-likeness (QED) is 0.612. The minimum absolute atomic E-state index is 0.191. The van der Waals surface area contributed by atoms with E-state index in [0.717, 1.165) is 23.0 Å². The van der Waals surface area contributed by atoms with E-state index in [1.165, 1.54) is 17.7 Å². The summed E-state index contributed by atoms with van der Waals surface area (Å²) in [6.07, 6.45) is 2.02. The van der Waals surface area contributed by atoms with Gasteiger partial charge in [-0.2, -0.15) is 0 Å². The number of rotatable bonds is 3. The van der Waals surface area contributed by atoms with E-state index in [4.69, 9.17) is 23.2 Å². The van der Waals surface area contributed by atoms with Gasteiger partial charge in [-0.05, 0) is 64.5 Å². The minimum Gasteiger partial charge on any atom is -0.381 e. The van der Waals surface area contributed by atoms with Crippen molar-refractivity contribution in [3.63, 3.8) is 0 Å². The Balaban J connectivity index is 1.62. The molecule has 0 saturated heterocycles. The van der Waals surface area contributed by atoms with Crippen molar-refractivity contribution in [2.75, 3.05) is 5.32 Å². The number of benzene rings is 2. The van der Waals surface area contributed by atoms with Crippen LogP contribution in [0.1, 0.15) is 24.3 Å². The first-order valence-corrected chi connectivity index (χ1v) is 8.25. The SMILES string of the molecule is Fc1ccc(C2CC(Nc3ccc(Br)c(Cl)c3Cl)C2)cc1. The molecule has 0 amide bonds. The van der Waals surface area contributed by atoms with Crippen LogP contribution >= 0.6 is 39.1 Å². The van der Waals surface area contributed by atoms with Crippen molar-refractivity contribution >= 4 is 44.8 Å². The van der Waals surface area contributed by atoms with E-state index >= 15 is 0 Å². The Bertz CT molecular complexity index is 654. The highest BCUT2D eigenvalue weighted by Crippen LogP contribution is 2.41. The standard InChI is InChI=1S/C16H13BrCl2FN/c17-13-5-6-14(16(19)15(13)18)21-12-7-10(8-12)9-1-3-11(20)4-2-9/h1-6,10,12,21H,7-8H2. The average molecular weight is 389 g/mol. The molecule has 5 heteroatoms. The minimum atomic E-state index is -0.191. The molecule has 0 spiro atoms. The van der Waals surface area contributed by atoms with E-state index in [-0.39, 0.29) is 5.82 Å². The zero-order valence-corrected chi connectivity index (χ0v) is 14.1. The monoisotopic (exact) mass is 387 g/mol. The van der Waals surface area contributed by atoms with Crippen LogP contribution in [-0.2, 0) is 0 Å². The molecule has 1 aliphatic carbocycles. The predicted molar refractivity (Wildman–Crippen MR) is 89.9 cm³/mol. The number of hydrogen-bond acceptors (Lipinski definition) is 1. The van der Waals surface area contributed by atoms with Crippen molar-refractivity contribution < 1.29 is 4.39 Å². The van der Waals surface area contributed by atoms with Gasteiger partial charge in [0.25, 0.3) is 0 Å². The Morgan fingerprint density at radius 2 is 1.67 bits per heavy atom. The van der Waals surface area contributed by atoms with E-state index in [0.29, 0.717) is 22.0 Å². The lowest BCUT2D eigenvalue weighted by Crippen LogP contribution is -2.34. The smallest absolute Gasteiger partial charge is 0.123 e. The molecule has 1 saturated carbocycles. The molecule has 21 heavy (non-hydrogen) atoms. The molecular formula is C16H13BrCl2FN. The molecule has 3 rings (SSSR count). The van der Waals surface area contributed by atoms with Gasteiger partial charge in [0.15, 0.2) is 0 Å². The summed E-state index contributed by atoms with van der Waals surface area (Å²) < 4.78 is 13.7. The maximum absolute atomic E-state index is 12.9. The Hall–Kier alpha value is -0.770. The van der Waals surface area contributed by atoms with Gasteiger partial charge in [0.05, 0.1) is 15.7 Å². The molecule has 0 radical (unpaired) electrons. The lowest BCUT2D eigenvalue weighted by atomic mass is 9.76. The Kier molecular flexibility index (Phi) is 4.43. The molecule has 0 bridgehead atoms. The van der Waals surface area contributed by atoms with Crippen LogP contribution in [0.5, 0.6) is 0 Å². The normalized spacial score (nSPS) is 21.0. The third-order valence-electron chi connectivity index (χ3n) is 3.87. The van der Waals surface area contributed by atoms with Gasteiger partial charge in [0.2, 0.25) is 0 Å². The van der Waals surface area contributed by atoms with Crippen LogP contribution in [0.15, 0.2) is 40.9 Å². The molecule has 2 aromatic carbocycles. The first kappa shape index (κ1) is 15.1. The maximum Gasteiger partial charge on any atom is 0.123 e. The van der Waals surface area contributed by atoms with E-state index in [1.807, 2.05) is 24.3 Å². The van der Waals surface area contributed by atoms with Crippen LogP contribution in [0.4, 0.5) is 10.1 Å². The van der Waals surface area contributed by atoms with Crippen LogP contribution < -0.4 is 5.32 Å². The summed E-state index contributed by atoms with van der Waals surface area (Å²) in [5, 5.41) is 4.48. The molecule has 0 aliphatic heterocycles. The van der Waals surface area contributed by atoms with Crippen molar-refractivity contribution in [1.29, 1.82) is 0 Å². The molecule has 110 valence electrons. The Morgan fingerprint density at radius 1 is 1.00 bits per heavy atom. The highest BCUT2D eigenvalue weighted by molar-refractivity contribution is 9.10. The van der Waals surface area contributed by atoms with Gasteiger partial charge in [-0.15, -0.1) is 0 Å². The average Bonchev–Trinajstić information content (AvgIpc) is 2.43. The van der Waals surface area contributed by atoms with Gasteiger partial charge >= 0.3 is 0 Å². The van der Waals surface area contributed by atoms with Gasteiger partial charge in [-0.1, -0.05) is 35.3 Å². The first-order valence-electron chi connectivity index (χ1n) is 6.70. The molecule has 0 unspecified atom stereocenters. The zero-order valence-electron chi connectivity index (χ0n) is 11.0. The summed E-state index contributed by atoms with van der Waals surface area (Å²) >= 11 is 15.7. The number of anilines is 1.